The van der Waals surface area contributed by atoms with E-state index >= 15 is 0 Å². The number of thiophene rings is 1. The number of nitrogen functional groups attached to an aromatic ring is 1. The molecule has 1 aliphatic heterocycles. The van der Waals surface area contributed by atoms with Crippen LogP contribution in [0, 0.1) is 13.8 Å². The van der Waals surface area contributed by atoms with Crippen molar-refractivity contribution in [1.29, 1.82) is 0 Å². The Kier molecular flexibility index (Phi) is 5.19. The molecule has 0 unspecified atom stereocenters. The van der Waals surface area contributed by atoms with Gasteiger partial charge >= 0.3 is 0 Å². The van der Waals surface area contributed by atoms with Crippen molar-refractivity contribution in [3.8, 4) is 0 Å². The fraction of sp³-hybridized carbons (Fsp3) is 0.160. The van der Waals surface area contributed by atoms with Gasteiger partial charge in [-0.3, -0.25) is 4.79 Å². The Balaban J connectivity index is 1.60. The van der Waals surface area contributed by atoms with Crippen LogP contribution in [0.1, 0.15) is 44.5 Å². The number of carbonyl (C=O) groups excluding carboxylic acids is 1. The second-order valence-corrected chi connectivity index (χ2v) is 9.37. The van der Waals surface area contributed by atoms with Gasteiger partial charge in [-0.2, -0.15) is 5.10 Å². The number of anilines is 1. The van der Waals surface area contributed by atoms with E-state index in [9.17, 15) is 4.79 Å². The Morgan fingerprint density at radius 2 is 1.84 bits per heavy atom. The molecule has 0 bridgehead atoms. The minimum Gasteiger partial charge on any atom is -0.397 e. The largest absolute Gasteiger partial charge is 0.397 e. The van der Waals surface area contributed by atoms with E-state index in [4.69, 9.17) is 22.4 Å². The number of amides is 1. The second kappa shape index (κ2) is 8.04. The van der Waals surface area contributed by atoms with Gasteiger partial charge in [-0.25, -0.2) is 9.99 Å². The molecule has 3 heterocycles. The normalized spacial score (nSPS) is 15.9. The van der Waals surface area contributed by atoms with Gasteiger partial charge in [-0.1, -0.05) is 54.1 Å². The Bertz CT molecular complexity index is 1360. The van der Waals surface area contributed by atoms with E-state index in [1.54, 1.807) is 5.01 Å². The topological polar surface area (TPSA) is 71.6 Å². The van der Waals surface area contributed by atoms with Crippen LogP contribution in [0.4, 0.5) is 5.69 Å². The number of aryl methyl sites for hydroxylation is 2. The minimum absolute atomic E-state index is 0.208. The van der Waals surface area contributed by atoms with E-state index < -0.39 is 0 Å². The summed E-state index contributed by atoms with van der Waals surface area (Å²) in [6.45, 7) is 3.94. The fourth-order valence-corrected chi connectivity index (χ4v) is 5.46. The highest BCUT2D eigenvalue weighted by Crippen LogP contribution is 2.39. The van der Waals surface area contributed by atoms with Gasteiger partial charge in [0.15, 0.2) is 0 Å². The first-order valence-electron chi connectivity index (χ1n) is 10.3. The third kappa shape index (κ3) is 3.55. The summed E-state index contributed by atoms with van der Waals surface area (Å²) in [6.07, 6.45) is 0.610. The number of rotatable bonds is 3. The number of carbonyl (C=O) groups is 1. The van der Waals surface area contributed by atoms with Gasteiger partial charge < -0.3 is 5.73 Å². The lowest BCUT2D eigenvalue weighted by molar-refractivity contribution is 0.0717. The number of hydrogen-bond acceptors (Lipinski definition) is 5. The molecule has 0 spiro atoms. The molecule has 0 radical (unpaired) electrons. The van der Waals surface area contributed by atoms with Crippen molar-refractivity contribution >= 4 is 50.5 Å². The second-order valence-electron chi connectivity index (χ2n) is 7.94. The molecule has 2 N–H and O–H groups in total. The zero-order valence-corrected chi connectivity index (χ0v) is 19.2. The van der Waals surface area contributed by atoms with Gasteiger partial charge in [-0.05, 0) is 48.7 Å². The van der Waals surface area contributed by atoms with Crippen molar-refractivity contribution in [2.24, 2.45) is 5.10 Å². The maximum atomic E-state index is 13.7. The molecule has 0 saturated carbocycles. The first kappa shape index (κ1) is 20.7. The van der Waals surface area contributed by atoms with Crippen LogP contribution in [-0.2, 0) is 0 Å². The van der Waals surface area contributed by atoms with Crippen LogP contribution in [0.3, 0.4) is 0 Å². The molecule has 5 rings (SSSR count). The van der Waals surface area contributed by atoms with Crippen LogP contribution >= 0.6 is 22.9 Å². The highest BCUT2D eigenvalue weighted by molar-refractivity contribution is 7.21. The number of nitrogens with two attached hydrogens (primary N) is 1. The summed E-state index contributed by atoms with van der Waals surface area (Å²) in [6, 6.07) is 19.3. The number of benzene rings is 2. The predicted molar refractivity (Wildman–Crippen MR) is 131 cm³/mol. The molecular formula is C25H21ClN4OS. The molecule has 4 aromatic rings. The highest BCUT2D eigenvalue weighted by Gasteiger charge is 2.35. The summed E-state index contributed by atoms with van der Waals surface area (Å²) in [7, 11) is 0. The molecule has 2 aromatic heterocycles. The Morgan fingerprint density at radius 3 is 2.56 bits per heavy atom. The molecule has 2 aromatic carbocycles. The monoisotopic (exact) mass is 460 g/mol. The predicted octanol–water partition coefficient (Wildman–Crippen LogP) is 6.14. The van der Waals surface area contributed by atoms with E-state index in [-0.39, 0.29) is 11.9 Å². The molecule has 0 saturated heterocycles. The summed E-state index contributed by atoms with van der Waals surface area (Å²) in [5, 5.41) is 7.84. The molecule has 1 amide bonds. The molecule has 1 atom stereocenters. The summed E-state index contributed by atoms with van der Waals surface area (Å²) in [5.41, 5.74) is 11.7. The number of aromatic nitrogens is 1. The summed E-state index contributed by atoms with van der Waals surface area (Å²) in [4.78, 5) is 19.6. The van der Waals surface area contributed by atoms with Crippen molar-refractivity contribution in [3.63, 3.8) is 0 Å². The van der Waals surface area contributed by atoms with Gasteiger partial charge in [0, 0.05) is 22.5 Å². The highest BCUT2D eigenvalue weighted by atomic mass is 35.5. The third-order valence-corrected chi connectivity index (χ3v) is 7.04. The minimum atomic E-state index is -0.213. The number of halogens is 1. The summed E-state index contributed by atoms with van der Waals surface area (Å²) >= 11 is 7.39. The lowest BCUT2D eigenvalue weighted by Gasteiger charge is -2.21. The van der Waals surface area contributed by atoms with E-state index in [2.05, 4.69) is 4.98 Å². The number of pyridine rings is 1. The maximum absolute atomic E-state index is 13.7. The van der Waals surface area contributed by atoms with Crippen LogP contribution in [-0.4, -0.2) is 21.6 Å². The van der Waals surface area contributed by atoms with Crippen LogP contribution < -0.4 is 5.73 Å². The standard InChI is InChI=1S/C25H21ClN4OS/c1-14-12-15(2)28-24-21(14)22(27)23(32-24)25(31)30-20(17-6-4-3-5-7-17)13-19(29-30)16-8-10-18(26)11-9-16/h3-12,20H,13,27H2,1-2H3/t20-/m1/s1. The molecule has 0 aliphatic carbocycles. The van der Waals surface area contributed by atoms with Gasteiger partial charge in [0.05, 0.1) is 17.4 Å². The van der Waals surface area contributed by atoms with Crippen molar-refractivity contribution in [2.75, 3.05) is 5.73 Å². The summed E-state index contributed by atoms with van der Waals surface area (Å²) in [5.74, 6) is -0.208. The van der Waals surface area contributed by atoms with Crippen molar-refractivity contribution < 1.29 is 4.79 Å². The first-order valence-corrected chi connectivity index (χ1v) is 11.5. The van der Waals surface area contributed by atoms with Crippen molar-refractivity contribution in [2.45, 2.75) is 26.3 Å². The Hall–Kier alpha value is -3.22. The van der Waals surface area contributed by atoms with Crippen LogP contribution in [0.15, 0.2) is 65.8 Å². The lowest BCUT2D eigenvalue weighted by atomic mass is 9.98. The first-order chi connectivity index (χ1) is 15.4. The Labute approximate surface area is 195 Å². The third-order valence-electron chi connectivity index (χ3n) is 5.70. The number of hydrogen-bond donors (Lipinski definition) is 1. The Morgan fingerprint density at radius 1 is 1.12 bits per heavy atom. The zero-order chi connectivity index (χ0) is 22.4. The van der Waals surface area contributed by atoms with Crippen LogP contribution in [0.2, 0.25) is 5.02 Å². The van der Waals surface area contributed by atoms with Crippen LogP contribution in [0.5, 0.6) is 0 Å². The number of nitrogens with zero attached hydrogens (tertiary/aromatic N) is 3. The molecule has 160 valence electrons. The van der Waals surface area contributed by atoms with E-state index in [0.717, 1.165) is 38.3 Å². The van der Waals surface area contributed by atoms with E-state index in [1.165, 1.54) is 11.3 Å². The van der Waals surface area contributed by atoms with Gasteiger partial charge in [-0.15, -0.1) is 11.3 Å². The smallest absolute Gasteiger partial charge is 0.286 e. The van der Waals surface area contributed by atoms with Crippen LogP contribution in [0.25, 0.3) is 10.2 Å². The summed E-state index contributed by atoms with van der Waals surface area (Å²) < 4.78 is 0. The van der Waals surface area contributed by atoms with E-state index in [0.29, 0.717) is 22.0 Å². The SMILES string of the molecule is Cc1cc(C)c2c(N)c(C(=O)N3N=C(c4ccc(Cl)cc4)C[C@@H]3c3ccccc3)sc2n1. The zero-order valence-electron chi connectivity index (χ0n) is 17.7. The van der Waals surface area contributed by atoms with E-state index in [1.807, 2.05) is 74.5 Å². The molecule has 1 aliphatic rings. The number of fused-ring (bicyclic) bond motifs is 1. The molecular weight excluding hydrogens is 440 g/mol. The van der Waals surface area contributed by atoms with Gasteiger partial charge in [0.2, 0.25) is 0 Å². The quantitative estimate of drug-likeness (QED) is 0.399. The fourth-order valence-electron chi connectivity index (χ4n) is 4.18. The van der Waals surface area contributed by atoms with Crippen molar-refractivity contribution in [3.05, 3.63) is 92.9 Å². The van der Waals surface area contributed by atoms with Gasteiger partial charge in [0.25, 0.3) is 5.91 Å². The van der Waals surface area contributed by atoms with Gasteiger partial charge in [0.1, 0.15) is 9.71 Å². The number of hydrazone groups is 1. The lowest BCUT2D eigenvalue weighted by Crippen LogP contribution is -2.27. The molecule has 32 heavy (non-hydrogen) atoms. The molecule has 7 heteroatoms. The molecule has 5 nitrogen and oxygen atoms in total. The molecule has 0 fully saturated rings. The van der Waals surface area contributed by atoms with Crippen molar-refractivity contribution in [1.82, 2.24) is 9.99 Å². The average Bonchev–Trinajstić information content (AvgIpc) is 3.36. The average molecular weight is 461 g/mol. The maximum Gasteiger partial charge on any atom is 0.286 e.